The molecule has 7 aromatic carbocycles. The summed E-state index contributed by atoms with van der Waals surface area (Å²) in [5.74, 6) is 0.461. The van der Waals surface area contributed by atoms with Crippen molar-refractivity contribution in [3.05, 3.63) is 229 Å². The maximum absolute atomic E-state index is 2.53. The lowest BCUT2D eigenvalue weighted by Gasteiger charge is -2.30. The minimum absolute atomic E-state index is 0.461. The normalized spacial score (nSPS) is 16.4. The lowest BCUT2D eigenvalue weighted by atomic mass is 9.75. The second kappa shape index (κ2) is 17.2. The van der Waals surface area contributed by atoms with Crippen molar-refractivity contribution in [1.29, 1.82) is 0 Å². The van der Waals surface area contributed by atoms with Gasteiger partial charge in [-0.1, -0.05) is 171 Å². The largest absolute Gasteiger partial charge is 0.313 e. The van der Waals surface area contributed by atoms with Crippen LogP contribution in [0, 0.1) is 5.92 Å². The third kappa shape index (κ3) is 7.04. The molecule has 0 bridgehead atoms. The summed E-state index contributed by atoms with van der Waals surface area (Å²) in [6, 6.07) is 60.5. The lowest BCUT2D eigenvalue weighted by Crippen LogP contribution is -2.15. The number of allylic oxidation sites excluding steroid dienone is 12. The molecule has 3 aliphatic carbocycles. The van der Waals surface area contributed by atoms with Gasteiger partial charge in [0.15, 0.2) is 0 Å². The van der Waals surface area contributed by atoms with E-state index in [-0.39, 0.29) is 0 Å². The molecule has 9 aromatic rings. The summed E-state index contributed by atoms with van der Waals surface area (Å²) >= 11 is 0. The van der Waals surface area contributed by atoms with Crippen LogP contribution in [0.5, 0.6) is 0 Å². The summed E-state index contributed by atoms with van der Waals surface area (Å²) < 4.78 is 4.96. The fourth-order valence-electron chi connectivity index (χ4n) is 11.3. The molecule has 0 N–H and O–H groups in total. The highest BCUT2D eigenvalue weighted by Gasteiger charge is 2.26. The van der Waals surface area contributed by atoms with Gasteiger partial charge in [0, 0.05) is 38.8 Å². The Morgan fingerprint density at radius 1 is 0.500 bits per heavy atom. The van der Waals surface area contributed by atoms with Gasteiger partial charge in [0.25, 0.3) is 0 Å². The number of rotatable bonds is 10. The average Bonchev–Trinajstić information content (AvgIpc) is 3.91. The van der Waals surface area contributed by atoms with Gasteiger partial charge in [-0.15, -0.1) is 0 Å². The van der Waals surface area contributed by atoms with Crippen LogP contribution in [0.4, 0.5) is 0 Å². The Kier molecular flexibility index (Phi) is 10.4. The van der Waals surface area contributed by atoms with Gasteiger partial charge in [0.2, 0.25) is 0 Å². The molecule has 320 valence electrons. The van der Waals surface area contributed by atoms with Crippen molar-refractivity contribution in [1.82, 2.24) is 9.13 Å². The molecule has 12 rings (SSSR count). The van der Waals surface area contributed by atoms with E-state index in [1.54, 1.807) is 11.1 Å². The van der Waals surface area contributed by atoms with E-state index in [0.717, 1.165) is 24.9 Å². The Labute approximate surface area is 388 Å². The summed E-state index contributed by atoms with van der Waals surface area (Å²) in [4.78, 5) is 0. The number of benzene rings is 7. The first-order valence-electron chi connectivity index (χ1n) is 24.2. The molecule has 0 spiro atoms. The Balaban J connectivity index is 0.888. The molecule has 2 heterocycles. The molecule has 0 amide bonds. The van der Waals surface area contributed by atoms with Crippen LogP contribution in [0.1, 0.15) is 58.3 Å². The molecule has 2 aromatic heterocycles. The summed E-state index contributed by atoms with van der Waals surface area (Å²) in [5.41, 5.74) is 21.2. The second-order valence-electron chi connectivity index (χ2n) is 18.4. The fraction of sp³-hybridized carbons (Fsp3) is 0.156. The summed E-state index contributed by atoms with van der Waals surface area (Å²) in [7, 11) is 0. The molecule has 1 atom stereocenters. The standard InChI is InChI=1S/C64H54N2/c1-2-3-17-44-20-7-8-23-54(44)56-25-12-11-24-55(56)47-32-38-51(39-33-47)66-62-29-16-14-27-58(62)60-43-49(35-41-64(60)66)48-34-40-63-59(42-48)57-26-13-15-28-61(57)65(63)50-36-30-46(31-37-50)53-22-10-9-21-52(53)45-18-5-4-6-19-45/h4-6,8-16,18-19,21-24,26-32,34-38,40-43,56H,2-3,7,17,20,25,33,39H2,1H3. The van der Waals surface area contributed by atoms with Crippen molar-refractivity contribution in [2.45, 2.75) is 58.3 Å². The molecular formula is C64H54N2. The van der Waals surface area contributed by atoms with E-state index < -0.39 is 0 Å². The van der Waals surface area contributed by atoms with Crippen LogP contribution in [-0.4, -0.2) is 9.13 Å². The topological polar surface area (TPSA) is 9.86 Å². The SMILES string of the molecule is CCCCC1=C(C2CC=CC=C2C2=CC=C(n3c4ccccc4c4cc(-c5ccc6c(c5)c5ccccc5n6-c5ccc(-c6ccccc6-c6ccccc6)cc5)ccc43)CC2)C=CCC1. The van der Waals surface area contributed by atoms with Crippen molar-refractivity contribution in [2.75, 3.05) is 0 Å². The maximum Gasteiger partial charge on any atom is 0.0541 e. The quantitative estimate of drug-likeness (QED) is 0.130. The summed E-state index contributed by atoms with van der Waals surface area (Å²) in [6.45, 7) is 2.31. The first kappa shape index (κ1) is 40.1. The number of fused-ring (bicyclic) bond motifs is 6. The molecule has 2 heteroatoms. The molecule has 3 aliphatic rings. The number of unbranched alkanes of at least 4 members (excludes halogenated alkanes) is 1. The van der Waals surface area contributed by atoms with E-state index in [1.165, 1.54) is 126 Å². The van der Waals surface area contributed by atoms with E-state index in [2.05, 4.69) is 222 Å². The number of hydrogen-bond acceptors (Lipinski definition) is 0. The van der Waals surface area contributed by atoms with Crippen LogP contribution in [-0.2, 0) is 0 Å². The van der Waals surface area contributed by atoms with E-state index in [4.69, 9.17) is 0 Å². The number of nitrogens with zero attached hydrogens (tertiary/aromatic N) is 2. The molecular weight excluding hydrogens is 797 g/mol. The number of aromatic nitrogens is 2. The van der Waals surface area contributed by atoms with Gasteiger partial charge in [-0.25, -0.2) is 0 Å². The van der Waals surface area contributed by atoms with E-state index >= 15 is 0 Å². The smallest absolute Gasteiger partial charge is 0.0541 e. The fourth-order valence-corrected chi connectivity index (χ4v) is 11.3. The first-order valence-corrected chi connectivity index (χ1v) is 24.2. The predicted octanol–water partition coefficient (Wildman–Crippen LogP) is 17.8. The highest BCUT2D eigenvalue weighted by molar-refractivity contribution is 6.13. The monoisotopic (exact) mass is 850 g/mol. The van der Waals surface area contributed by atoms with Gasteiger partial charge in [0.1, 0.15) is 0 Å². The van der Waals surface area contributed by atoms with Crippen molar-refractivity contribution in [3.63, 3.8) is 0 Å². The van der Waals surface area contributed by atoms with Gasteiger partial charge in [-0.05, 0) is 150 Å². The van der Waals surface area contributed by atoms with Gasteiger partial charge >= 0.3 is 0 Å². The van der Waals surface area contributed by atoms with Gasteiger partial charge in [-0.2, -0.15) is 0 Å². The zero-order valence-corrected chi connectivity index (χ0v) is 37.8. The Hall–Kier alpha value is -7.42. The molecule has 0 saturated heterocycles. The Bertz CT molecular complexity index is 3520. The molecule has 0 radical (unpaired) electrons. The highest BCUT2D eigenvalue weighted by Crippen LogP contribution is 2.44. The van der Waals surface area contributed by atoms with Crippen LogP contribution < -0.4 is 0 Å². The Morgan fingerprint density at radius 3 is 1.79 bits per heavy atom. The summed E-state index contributed by atoms with van der Waals surface area (Å²) in [5, 5.41) is 5.12. The first-order chi connectivity index (χ1) is 32.7. The second-order valence-corrected chi connectivity index (χ2v) is 18.4. The number of para-hydroxylation sites is 2. The highest BCUT2D eigenvalue weighted by atomic mass is 15.0. The van der Waals surface area contributed by atoms with E-state index in [1.807, 2.05) is 0 Å². The minimum Gasteiger partial charge on any atom is -0.313 e. The van der Waals surface area contributed by atoms with E-state index in [9.17, 15) is 0 Å². The Morgan fingerprint density at radius 2 is 1.11 bits per heavy atom. The van der Waals surface area contributed by atoms with Crippen molar-refractivity contribution < 1.29 is 0 Å². The predicted molar refractivity (Wildman–Crippen MR) is 282 cm³/mol. The van der Waals surface area contributed by atoms with Crippen LogP contribution >= 0.6 is 0 Å². The zero-order valence-electron chi connectivity index (χ0n) is 37.8. The van der Waals surface area contributed by atoms with Gasteiger partial charge in [-0.3, -0.25) is 0 Å². The number of hydrogen-bond donors (Lipinski definition) is 0. The van der Waals surface area contributed by atoms with Crippen LogP contribution in [0.25, 0.3) is 88.4 Å². The third-order valence-electron chi connectivity index (χ3n) is 14.6. The third-order valence-corrected chi connectivity index (χ3v) is 14.6. The lowest BCUT2D eigenvalue weighted by molar-refractivity contribution is 0.673. The van der Waals surface area contributed by atoms with Gasteiger partial charge in [0.05, 0.1) is 22.1 Å². The molecule has 0 aliphatic heterocycles. The molecule has 0 fully saturated rings. The van der Waals surface area contributed by atoms with Crippen LogP contribution in [0.3, 0.4) is 0 Å². The zero-order chi connectivity index (χ0) is 44.0. The molecule has 0 saturated carbocycles. The summed E-state index contributed by atoms with van der Waals surface area (Å²) in [6.07, 6.45) is 26.1. The van der Waals surface area contributed by atoms with Crippen molar-refractivity contribution in [2.24, 2.45) is 5.92 Å². The van der Waals surface area contributed by atoms with Crippen molar-refractivity contribution in [3.8, 4) is 39.1 Å². The molecule has 2 nitrogen and oxygen atoms in total. The minimum atomic E-state index is 0.461. The average molecular weight is 851 g/mol. The van der Waals surface area contributed by atoms with E-state index in [0.29, 0.717) is 5.92 Å². The van der Waals surface area contributed by atoms with Crippen LogP contribution in [0.2, 0.25) is 0 Å². The van der Waals surface area contributed by atoms with Crippen molar-refractivity contribution >= 4 is 49.3 Å². The molecule has 1 unspecified atom stereocenters. The van der Waals surface area contributed by atoms with Crippen LogP contribution in [0.15, 0.2) is 229 Å². The maximum atomic E-state index is 2.53. The molecule has 66 heavy (non-hydrogen) atoms. The van der Waals surface area contributed by atoms with Gasteiger partial charge < -0.3 is 9.13 Å².